The van der Waals surface area contributed by atoms with E-state index in [0.717, 1.165) is 31.3 Å². The largest absolute Gasteiger partial charge is 0.507 e. The van der Waals surface area contributed by atoms with Crippen LogP contribution >= 0.6 is 11.6 Å². The van der Waals surface area contributed by atoms with Gasteiger partial charge in [0.25, 0.3) is 0 Å². The lowest BCUT2D eigenvalue weighted by molar-refractivity contribution is 0.112. The van der Waals surface area contributed by atoms with E-state index in [9.17, 15) is 15.0 Å². The standard InChI is InChI=1S/C22H31ClO4/c1-14(6-5-7-16(3)12-24)8-9-15(2)10-11-18-21(26)19(13-25)17(4)20(23)22(18)27/h6,10,13,16,24,26-27H,5,7-9,11-12H2,1-4H3/b14-6+,15-10+. The highest BCUT2D eigenvalue weighted by molar-refractivity contribution is 6.33. The summed E-state index contributed by atoms with van der Waals surface area (Å²) in [5.74, 6) is -0.0495. The molecule has 1 aromatic carbocycles. The number of aliphatic hydroxyl groups is 1. The van der Waals surface area contributed by atoms with Crippen molar-refractivity contribution in [3.05, 3.63) is 45.0 Å². The Morgan fingerprint density at radius 2 is 1.70 bits per heavy atom. The molecule has 0 aromatic heterocycles. The minimum absolute atomic E-state index is 0.104. The van der Waals surface area contributed by atoms with Crippen molar-refractivity contribution in [3.63, 3.8) is 0 Å². The first-order valence-electron chi connectivity index (χ1n) is 9.33. The second-order valence-electron chi connectivity index (χ2n) is 7.32. The van der Waals surface area contributed by atoms with Crippen molar-refractivity contribution < 1.29 is 20.1 Å². The quantitative estimate of drug-likeness (QED) is 0.362. The monoisotopic (exact) mass is 394 g/mol. The first kappa shape index (κ1) is 23.3. The van der Waals surface area contributed by atoms with Gasteiger partial charge in [0.05, 0.1) is 10.6 Å². The summed E-state index contributed by atoms with van der Waals surface area (Å²) in [6.45, 7) is 7.96. The molecule has 5 heteroatoms. The van der Waals surface area contributed by atoms with Gasteiger partial charge in [-0.05, 0) is 64.4 Å². The number of hydrogen-bond donors (Lipinski definition) is 3. The number of phenols is 2. The Morgan fingerprint density at radius 3 is 2.26 bits per heavy atom. The van der Waals surface area contributed by atoms with Gasteiger partial charge < -0.3 is 15.3 Å². The third-order valence-corrected chi connectivity index (χ3v) is 5.38. The van der Waals surface area contributed by atoms with Gasteiger partial charge in [0.15, 0.2) is 6.29 Å². The zero-order valence-electron chi connectivity index (χ0n) is 16.7. The molecule has 150 valence electrons. The van der Waals surface area contributed by atoms with Crippen LogP contribution in [0.2, 0.25) is 5.02 Å². The molecule has 0 spiro atoms. The van der Waals surface area contributed by atoms with Crippen LogP contribution in [0.1, 0.15) is 67.9 Å². The van der Waals surface area contributed by atoms with Crippen molar-refractivity contribution >= 4 is 17.9 Å². The van der Waals surface area contributed by atoms with Gasteiger partial charge in [0, 0.05) is 12.2 Å². The van der Waals surface area contributed by atoms with Crippen LogP contribution in [0.4, 0.5) is 0 Å². The fraction of sp³-hybridized carbons (Fsp3) is 0.500. The van der Waals surface area contributed by atoms with Gasteiger partial charge in [-0.15, -0.1) is 0 Å². The highest BCUT2D eigenvalue weighted by Gasteiger charge is 2.19. The van der Waals surface area contributed by atoms with Crippen molar-refractivity contribution in [2.24, 2.45) is 5.92 Å². The van der Waals surface area contributed by atoms with E-state index in [-0.39, 0.29) is 34.3 Å². The highest BCUT2D eigenvalue weighted by atomic mass is 35.5. The van der Waals surface area contributed by atoms with Crippen LogP contribution in [0.5, 0.6) is 11.5 Å². The zero-order valence-corrected chi connectivity index (χ0v) is 17.4. The summed E-state index contributed by atoms with van der Waals surface area (Å²) in [7, 11) is 0. The molecule has 0 bridgehead atoms. The van der Waals surface area contributed by atoms with E-state index in [1.807, 2.05) is 19.9 Å². The maximum Gasteiger partial charge on any atom is 0.154 e. The minimum Gasteiger partial charge on any atom is -0.507 e. The van der Waals surface area contributed by atoms with E-state index in [2.05, 4.69) is 13.0 Å². The minimum atomic E-state index is -0.206. The summed E-state index contributed by atoms with van der Waals surface area (Å²) in [6.07, 6.45) is 8.77. The number of aromatic hydroxyl groups is 2. The van der Waals surface area contributed by atoms with E-state index in [1.54, 1.807) is 6.92 Å². The number of phenolic OH excluding ortho intramolecular Hbond substituents is 2. The van der Waals surface area contributed by atoms with Gasteiger partial charge in [-0.3, -0.25) is 4.79 Å². The molecular formula is C22H31ClO4. The van der Waals surface area contributed by atoms with Gasteiger partial charge in [0.1, 0.15) is 11.5 Å². The lowest BCUT2D eigenvalue weighted by atomic mass is 9.98. The Hall–Kier alpha value is -1.78. The van der Waals surface area contributed by atoms with E-state index in [1.165, 1.54) is 5.57 Å². The number of carbonyl (C=O) groups is 1. The van der Waals surface area contributed by atoms with Crippen LogP contribution in [0.15, 0.2) is 23.3 Å². The van der Waals surface area contributed by atoms with Crippen molar-refractivity contribution in [1.29, 1.82) is 0 Å². The summed E-state index contributed by atoms with van der Waals surface area (Å²) in [5, 5.41) is 29.6. The molecule has 0 aliphatic rings. The van der Waals surface area contributed by atoms with Gasteiger partial charge in [-0.25, -0.2) is 0 Å². The van der Waals surface area contributed by atoms with Gasteiger partial charge in [-0.2, -0.15) is 0 Å². The molecule has 1 unspecified atom stereocenters. The molecular weight excluding hydrogens is 364 g/mol. The number of halogens is 1. The number of allylic oxidation sites excluding steroid dienone is 4. The normalized spacial score (nSPS) is 13.7. The molecule has 1 atom stereocenters. The molecule has 0 amide bonds. The number of carbonyl (C=O) groups excluding carboxylic acids is 1. The van der Waals surface area contributed by atoms with Crippen LogP contribution < -0.4 is 0 Å². The molecule has 0 fully saturated rings. The molecule has 1 aromatic rings. The molecule has 0 radical (unpaired) electrons. The van der Waals surface area contributed by atoms with Gasteiger partial charge in [-0.1, -0.05) is 41.8 Å². The summed E-state index contributed by atoms with van der Waals surface area (Å²) >= 11 is 6.07. The Morgan fingerprint density at radius 1 is 1.11 bits per heavy atom. The number of benzene rings is 1. The summed E-state index contributed by atoms with van der Waals surface area (Å²) in [5.41, 5.74) is 3.21. The summed E-state index contributed by atoms with van der Waals surface area (Å²) in [6, 6.07) is 0. The summed E-state index contributed by atoms with van der Waals surface area (Å²) < 4.78 is 0. The van der Waals surface area contributed by atoms with Crippen molar-refractivity contribution in [2.45, 2.75) is 59.8 Å². The molecule has 0 aliphatic heterocycles. The van der Waals surface area contributed by atoms with E-state index >= 15 is 0 Å². The molecule has 4 nitrogen and oxygen atoms in total. The lowest BCUT2D eigenvalue weighted by Crippen LogP contribution is -1.99. The molecule has 1 rings (SSSR count). The number of hydrogen-bond acceptors (Lipinski definition) is 4. The molecule has 0 aliphatic carbocycles. The van der Waals surface area contributed by atoms with Gasteiger partial charge >= 0.3 is 0 Å². The Balaban J connectivity index is 2.74. The second-order valence-corrected chi connectivity index (χ2v) is 7.69. The van der Waals surface area contributed by atoms with E-state index in [4.69, 9.17) is 16.7 Å². The Kier molecular flexibility index (Phi) is 9.61. The van der Waals surface area contributed by atoms with Crippen molar-refractivity contribution in [2.75, 3.05) is 6.61 Å². The van der Waals surface area contributed by atoms with Crippen molar-refractivity contribution in [1.82, 2.24) is 0 Å². The molecule has 0 heterocycles. The maximum absolute atomic E-state index is 11.2. The number of rotatable bonds is 10. The zero-order chi connectivity index (χ0) is 20.6. The average Bonchev–Trinajstić information content (AvgIpc) is 2.64. The Labute approximate surface area is 167 Å². The van der Waals surface area contributed by atoms with Crippen LogP contribution in [0, 0.1) is 12.8 Å². The molecule has 0 saturated carbocycles. The third-order valence-electron chi connectivity index (χ3n) is 4.92. The number of aldehydes is 1. The Bertz CT molecular complexity index is 720. The van der Waals surface area contributed by atoms with E-state index in [0.29, 0.717) is 24.2 Å². The van der Waals surface area contributed by atoms with Crippen molar-refractivity contribution in [3.8, 4) is 11.5 Å². The fourth-order valence-electron chi connectivity index (χ4n) is 2.80. The predicted octanol–water partition coefficient (Wildman–Crippen LogP) is 5.50. The first-order valence-corrected chi connectivity index (χ1v) is 9.70. The molecule has 3 N–H and O–H groups in total. The second kappa shape index (κ2) is 11.2. The van der Waals surface area contributed by atoms with E-state index < -0.39 is 0 Å². The maximum atomic E-state index is 11.2. The molecule has 0 saturated heterocycles. The van der Waals surface area contributed by atoms with Gasteiger partial charge in [0.2, 0.25) is 0 Å². The first-order chi connectivity index (χ1) is 12.7. The van der Waals surface area contributed by atoms with Crippen LogP contribution in [0.3, 0.4) is 0 Å². The predicted molar refractivity (Wildman–Crippen MR) is 111 cm³/mol. The van der Waals surface area contributed by atoms with Crippen LogP contribution in [0.25, 0.3) is 0 Å². The number of aliphatic hydroxyl groups excluding tert-OH is 1. The highest BCUT2D eigenvalue weighted by Crippen LogP contribution is 2.40. The molecule has 27 heavy (non-hydrogen) atoms. The third kappa shape index (κ3) is 6.71. The fourth-order valence-corrected chi connectivity index (χ4v) is 3.01. The smallest absolute Gasteiger partial charge is 0.154 e. The SMILES string of the molecule is C/C(=C\CCC(C)CO)CC/C(C)=C/Cc1c(O)c(Cl)c(C)c(C=O)c1O. The lowest BCUT2D eigenvalue weighted by Gasteiger charge is -2.13. The average molecular weight is 395 g/mol. The van der Waals surface area contributed by atoms with Crippen LogP contribution in [-0.4, -0.2) is 28.2 Å². The topological polar surface area (TPSA) is 77.8 Å². The summed E-state index contributed by atoms with van der Waals surface area (Å²) in [4.78, 5) is 11.2. The van der Waals surface area contributed by atoms with Crippen LogP contribution in [-0.2, 0) is 6.42 Å².